The quantitative estimate of drug-likeness (QED) is 0.567. The summed E-state index contributed by atoms with van der Waals surface area (Å²) < 4.78 is 19.1. The van der Waals surface area contributed by atoms with Crippen LogP contribution in [0.5, 0.6) is 0 Å². The maximum absolute atomic E-state index is 10.5. The SMILES string of the molecule is CO[Si](OC)(OC)OC(C)=O. The molecule has 66 valence electrons. The fourth-order valence-electron chi connectivity index (χ4n) is 0.551. The molecule has 0 aromatic carbocycles. The molecule has 0 aliphatic carbocycles. The minimum absolute atomic E-state index is 0.484. The first-order valence-corrected chi connectivity index (χ1v) is 4.58. The molecular formula is C5H12O5Si. The molecule has 0 N–H and O–H groups in total. The van der Waals surface area contributed by atoms with E-state index in [1.54, 1.807) is 0 Å². The molecule has 0 aromatic rings. The first-order valence-electron chi connectivity index (χ1n) is 2.95. The van der Waals surface area contributed by atoms with Crippen LogP contribution in [0.4, 0.5) is 0 Å². The Kier molecular flexibility index (Phi) is 4.27. The first-order chi connectivity index (χ1) is 5.10. The number of hydrogen-bond acceptors (Lipinski definition) is 5. The molecule has 0 bridgehead atoms. The predicted molar refractivity (Wildman–Crippen MR) is 38.5 cm³/mol. The van der Waals surface area contributed by atoms with Crippen molar-refractivity contribution in [2.75, 3.05) is 21.3 Å². The molecule has 0 saturated carbocycles. The van der Waals surface area contributed by atoms with Crippen molar-refractivity contribution in [3.63, 3.8) is 0 Å². The van der Waals surface area contributed by atoms with E-state index in [-0.39, 0.29) is 0 Å². The lowest BCUT2D eigenvalue weighted by atomic mass is 10.9. The van der Waals surface area contributed by atoms with Crippen LogP contribution in [0.15, 0.2) is 0 Å². The van der Waals surface area contributed by atoms with Gasteiger partial charge in [0, 0.05) is 28.3 Å². The summed E-state index contributed by atoms with van der Waals surface area (Å²) in [5, 5.41) is 0. The lowest BCUT2D eigenvalue weighted by Crippen LogP contribution is -2.47. The van der Waals surface area contributed by atoms with Crippen molar-refractivity contribution in [3.8, 4) is 0 Å². The van der Waals surface area contributed by atoms with Crippen LogP contribution in [-0.2, 0) is 22.5 Å². The largest absolute Gasteiger partial charge is 0.750 e. The minimum atomic E-state index is -3.13. The molecule has 0 spiro atoms. The first kappa shape index (κ1) is 10.6. The normalized spacial score (nSPS) is 11.3. The van der Waals surface area contributed by atoms with E-state index in [1.807, 2.05) is 0 Å². The summed E-state index contributed by atoms with van der Waals surface area (Å²) in [7, 11) is 0.960. The molecule has 6 heteroatoms. The Morgan fingerprint density at radius 3 is 1.55 bits per heavy atom. The summed E-state index contributed by atoms with van der Waals surface area (Å²) in [5.74, 6) is -0.484. The van der Waals surface area contributed by atoms with Gasteiger partial charge in [-0.25, -0.2) is 0 Å². The van der Waals surface area contributed by atoms with Crippen LogP contribution in [0.1, 0.15) is 6.92 Å². The second-order valence-electron chi connectivity index (χ2n) is 1.71. The van der Waals surface area contributed by atoms with Gasteiger partial charge in [-0.15, -0.1) is 0 Å². The van der Waals surface area contributed by atoms with E-state index >= 15 is 0 Å². The molecular weight excluding hydrogens is 168 g/mol. The Morgan fingerprint density at radius 1 is 1.09 bits per heavy atom. The van der Waals surface area contributed by atoms with Crippen LogP contribution >= 0.6 is 0 Å². The van der Waals surface area contributed by atoms with Gasteiger partial charge in [0.1, 0.15) is 0 Å². The summed E-state index contributed by atoms with van der Waals surface area (Å²) in [5.41, 5.74) is 0. The molecule has 11 heavy (non-hydrogen) atoms. The van der Waals surface area contributed by atoms with E-state index in [9.17, 15) is 4.79 Å². The Morgan fingerprint density at radius 2 is 1.45 bits per heavy atom. The molecule has 0 saturated heterocycles. The van der Waals surface area contributed by atoms with Crippen LogP contribution < -0.4 is 0 Å². The Hall–Kier alpha value is -0.433. The second-order valence-corrected chi connectivity index (χ2v) is 4.13. The van der Waals surface area contributed by atoms with E-state index in [2.05, 4.69) is 0 Å². The summed E-state index contributed by atoms with van der Waals surface area (Å²) >= 11 is 0. The minimum Gasteiger partial charge on any atom is -0.452 e. The second kappa shape index (κ2) is 4.45. The van der Waals surface area contributed by atoms with E-state index in [0.29, 0.717) is 0 Å². The molecule has 0 radical (unpaired) electrons. The van der Waals surface area contributed by atoms with Crippen molar-refractivity contribution in [2.24, 2.45) is 0 Å². The topological polar surface area (TPSA) is 54.0 Å². The number of hydrogen-bond donors (Lipinski definition) is 0. The van der Waals surface area contributed by atoms with Crippen molar-refractivity contribution >= 4 is 15.0 Å². The molecule has 0 fully saturated rings. The van der Waals surface area contributed by atoms with Gasteiger partial charge in [0.15, 0.2) is 0 Å². The Bertz CT molecular complexity index is 125. The van der Waals surface area contributed by atoms with Crippen molar-refractivity contribution in [3.05, 3.63) is 0 Å². The van der Waals surface area contributed by atoms with Crippen molar-refractivity contribution in [1.29, 1.82) is 0 Å². The smallest absolute Gasteiger partial charge is 0.452 e. The highest BCUT2D eigenvalue weighted by Crippen LogP contribution is 2.07. The van der Waals surface area contributed by atoms with Crippen LogP contribution in [-0.4, -0.2) is 36.3 Å². The molecule has 0 aliphatic rings. The summed E-state index contributed by atoms with van der Waals surface area (Å²) in [6.45, 7) is 1.26. The average Bonchev–Trinajstić information content (AvgIpc) is 2.00. The third kappa shape index (κ3) is 2.98. The van der Waals surface area contributed by atoms with E-state index in [4.69, 9.17) is 17.7 Å². The monoisotopic (exact) mass is 180 g/mol. The fourth-order valence-corrected chi connectivity index (χ4v) is 1.65. The zero-order valence-electron chi connectivity index (χ0n) is 7.04. The van der Waals surface area contributed by atoms with Crippen LogP contribution in [0, 0.1) is 0 Å². The van der Waals surface area contributed by atoms with Crippen molar-refractivity contribution in [2.45, 2.75) is 6.92 Å². The van der Waals surface area contributed by atoms with Crippen LogP contribution in [0.3, 0.4) is 0 Å². The number of rotatable bonds is 4. The molecule has 0 heterocycles. The molecule has 0 rings (SSSR count). The fraction of sp³-hybridized carbons (Fsp3) is 0.800. The molecule has 0 aliphatic heterocycles. The van der Waals surface area contributed by atoms with Crippen molar-refractivity contribution in [1.82, 2.24) is 0 Å². The summed E-state index contributed by atoms with van der Waals surface area (Å²) in [6, 6.07) is 0. The molecule has 0 aromatic heterocycles. The van der Waals surface area contributed by atoms with Crippen molar-refractivity contribution < 1.29 is 22.5 Å². The van der Waals surface area contributed by atoms with Gasteiger partial charge in [0.05, 0.1) is 0 Å². The molecule has 0 amide bonds. The van der Waals surface area contributed by atoms with Gasteiger partial charge in [0.2, 0.25) is 0 Å². The van der Waals surface area contributed by atoms with Gasteiger partial charge < -0.3 is 17.7 Å². The van der Waals surface area contributed by atoms with Gasteiger partial charge in [-0.1, -0.05) is 0 Å². The third-order valence-corrected chi connectivity index (χ3v) is 3.06. The molecule has 0 atom stereocenters. The number of carbonyl (C=O) groups excluding carboxylic acids is 1. The summed E-state index contributed by atoms with van der Waals surface area (Å²) in [4.78, 5) is 10.5. The lowest BCUT2D eigenvalue weighted by molar-refractivity contribution is -0.140. The highest BCUT2D eigenvalue weighted by molar-refractivity contribution is 6.55. The van der Waals surface area contributed by atoms with Gasteiger partial charge in [-0.05, 0) is 0 Å². The van der Waals surface area contributed by atoms with Gasteiger partial charge in [0.25, 0.3) is 5.97 Å². The molecule has 0 unspecified atom stereocenters. The highest BCUT2D eigenvalue weighted by atomic mass is 28.4. The maximum Gasteiger partial charge on any atom is 0.750 e. The standard InChI is InChI=1S/C5H12O5Si/c1-5(6)10-11(7-2,8-3)9-4/h1-4H3. The summed E-state index contributed by atoms with van der Waals surface area (Å²) in [6.07, 6.45) is 0. The zero-order valence-corrected chi connectivity index (χ0v) is 8.04. The van der Waals surface area contributed by atoms with Gasteiger partial charge in [-0.3, -0.25) is 4.79 Å². The maximum atomic E-state index is 10.5. The Balaban J connectivity index is 4.16. The van der Waals surface area contributed by atoms with E-state index in [1.165, 1.54) is 28.3 Å². The lowest BCUT2D eigenvalue weighted by Gasteiger charge is -2.20. The van der Waals surface area contributed by atoms with E-state index in [0.717, 1.165) is 0 Å². The van der Waals surface area contributed by atoms with Gasteiger partial charge >= 0.3 is 9.05 Å². The van der Waals surface area contributed by atoms with Gasteiger partial charge in [-0.2, -0.15) is 0 Å². The van der Waals surface area contributed by atoms with Crippen LogP contribution in [0.2, 0.25) is 0 Å². The molecule has 5 nitrogen and oxygen atoms in total. The third-order valence-electron chi connectivity index (χ3n) is 1.02. The highest BCUT2D eigenvalue weighted by Gasteiger charge is 2.46. The Labute approximate surface area is 66.7 Å². The average molecular weight is 180 g/mol. The zero-order chi connectivity index (χ0) is 8.91. The predicted octanol–water partition coefficient (Wildman–Crippen LogP) is -0.0757. The van der Waals surface area contributed by atoms with E-state index < -0.39 is 15.0 Å². The van der Waals surface area contributed by atoms with Crippen LogP contribution in [0.25, 0.3) is 0 Å². The number of carbonyl (C=O) groups is 1.